The summed E-state index contributed by atoms with van der Waals surface area (Å²) in [6.45, 7) is 1.65. The van der Waals surface area contributed by atoms with E-state index in [2.05, 4.69) is 17.4 Å². The third-order valence-electron chi connectivity index (χ3n) is 3.91. The SMILES string of the molecule is COc1cc(/C=C/C(=O)NCCCSc2ccccc2)cc2c1OCCO2. The first-order chi connectivity index (χ1) is 13.3. The molecule has 0 saturated carbocycles. The van der Waals surface area contributed by atoms with Gasteiger partial charge in [0.1, 0.15) is 13.2 Å². The minimum absolute atomic E-state index is 0.117. The Bertz CT molecular complexity index is 775. The molecule has 0 spiro atoms. The molecule has 3 rings (SSSR count). The highest BCUT2D eigenvalue weighted by Gasteiger charge is 2.17. The van der Waals surface area contributed by atoms with Gasteiger partial charge in [0.05, 0.1) is 7.11 Å². The molecule has 2 aromatic rings. The summed E-state index contributed by atoms with van der Waals surface area (Å²) in [7, 11) is 1.58. The highest BCUT2D eigenvalue weighted by molar-refractivity contribution is 7.99. The van der Waals surface area contributed by atoms with Gasteiger partial charge in [-0.2, -0.15) is 0 Å². The highest BCUT2D eigenvalue weighted by atomic mass is 32.2. The minimum atomic E-state index is -0.117. The van der Waals surface area contributed by atoms with E-state index in [4.69, 9.17) is 14.2 Å². The van der Waals surface area contributed by atoms with Crippen molar-refractivity contribution in [1.29, 1.82) is 0 Å². The van der Waals surface area contributed by atoms with Gasteiger partial charge >= 0.3 is 0 Å². The first kappa shape index (κ1) is 19.2. The van der Waals surface area contributed by atoms with Crippen LogP contribution in [0.2, 0.25) is 0 Å². The Kier molecular flexibility index (Phi) is 7.04. The molecule has 0 saturated heterocycles. The number of carbonyl (C=O) groups is 1. The number of ether oxygens (including phenoxy) is 3. The van der Waals surface area contributed by atoms with Crippen molar-refractivity contribution in [2.45, 2.75) is 11.3 Å². The van der Waals surface area contributed by atoms with Crippen molar-refractivity contribution in [2.75, 3.05) is 32.6 Å². The standard InChI is InChI=1S/C21H23NO4S/c1-24-18-14-16(15-19-21(18)26-12-11-25-19)8-9-20(23)22-10-5-13-27-17-6-3-2-4-7-17/h2-4,6-9,14-15H,5,10-13H2,1H3,(H,22,23)/b9-8+. The van der Waals surface area contributed by atoms with E-state index < -0.39 is 0 Å². The topological polar surface area (TPSA) is 56.8 Å². The van der Waals surface area contributed by atoms with Crippen molar-refractivity contribution < 1.29 is 19.0 Å². The van der Waals surface area contributed by atoms with Gasteiger partial charge in [0.15, 0.2) is 11.5 Å². The number of hydrogen-bond acceptors (Lipinski definition) is 5. The van der Waals surface area contributed by atoms with E-state index in [1.165, 1.54) is 11.0 Å². The van der Waals surface area contributed by atoms with Crippen LogP contribution < -0.4 is 19.5 Å². The molecule has 0 bridgehead atoms. The molecule has 0 unspecified atom stereocenters. The van der Waals surface area contributed by atoms with Crippen LogP contribution in [0.15, 0.2) is 53.4 Å². The van der Waals surface area contributed by atoms with Gasteiger partial charge in [-0.05, 0) is 48.1 Å². The average molecular weight is 385 g/mol. The zero-order valence-corrected chi connectivity index (χ0v) is 16.1. The first-order valence-electron chi connectivity index (χ1n) is 8.87. The number of hydrogen-bond donors (Lipinski definition) is 1. The molecule has 1 aliphatic heterocycles. The maximum atomic E-state index is 12.0. The second-order valence-electron chi connectivity index (χ2n) is 5.89. The predicted octanol–water partition coefficient (Wildman–Crippen LogP) is 3.78. The van der Waals surface area contributed by atoms with Gasteiger partial charge in [0.2, 0.25) is 11.7 Å². The summed E-state index contributed by atoms with van der Waals surface area (Å²) in [4.78, 5) is 13.2. The van der Waals surface area contributed by atoms with Gasteiger partial charge in [-0.3, -0.25) is 4.79 Å². The first-order valence-corrected chi connectivity index (χ1v) is 9.86. The van der Waals surface area contributed by atoms with E-state index >= 15 is 0 Å². The normalized spacial score (nSPS) is 12.8. The summed E-state index contributed by atoms with van der Waals surface area (Å²) >= 11 is 1.79. The third kappa shape index (κ3) is 5.69. The van der Waals surface area contributed by atoms with Crippen molar-refractivity contribution in [1.82, 2.24) is 5.32 Å². The lowest BCUT2D eigenvalue weighted by molar-refractivity contribution is -0.116. The van der Waals surface area contributed by atoms with Crippen LogP contribution in [0.1, 0.15) is 12.0 Å². The molecule has 0 aliphatic carbocycles. The second-order valence-corrected chi connectivity index (χ2v) is 7.06. The molecule has 1 aliphatic rings. The quantitative estimate of drug-likeness (QED) is 0.426. The van der Waals surface area contributed by atoms with Crippen molar-refractivity contribution >= 4 is 23.7 Å². The van der Waals surface area contributed by atoms with Crippen LogP contribution in [0.25, 0.3) is 6.08 Å². The molecule has 0 radical (unpaired) electrons. The van der Waals surface area contributed by atoms with Crippen LogP contribution in [0.5, 0.6) is 17.2 Å². The molecule has 2 aromatic carbocycles. The fourth-order valence-corrected chi connectivity index (χ4v) is 3.48. The highest BCUT2D eigenvalue weighted by Crippen LogP contribution is 2.40. The Labute approximate surface area is 163 Å². The van der Waals surface area contributed by atoms with Gasteiger partial charge in [-0.1, -0.05) is 18.2 Å². The number of fused-ring (bicyclic) bond motifs is 1. The molecule has 142 valence electrons. The van der Waals surface area contributed by atoms with E-state index in [0.29, 0.717) is 37.0 Å². The molecule has 5 nitrogen and oxygen atoms in total. The fourth-order valence-electron chi connectivity index (χ4n) is 2.61. The van der Waals surface area contributed by atoms with Crippen LogP contribution in [0.4, 0.5) is 0 Å². The Balaban J connectivity index is 1.45. The lowest BCUT2D eigenvalue weighted by Gasteiger charge is -2.20. The van der Waals surface area contributed by atoms with E-state index in [1.54, 1.807) is 24.9 Å². The molecule has 0 fully saturated rings. The van der Waals surface area contributed by atoms with Crippen molar-refractivity contribution in [3.8, 4) is 17.2 Å². The summed E-state index contributed by atoms with van der Waals surface area (Å²) in [5, 5.41) is 2.90. The molecule has 1 amide bonds. The number of nitrogens with one attached hydrogen (secondary N) is 1. The zero-order chi connectivity index (χ0) is 18.9. The second kappa shape index (κ2) is 9.92. The van der Waals surface area contributed by atoms with E-state index in [-0.39, 0.29) is 5.91 Å². The van der Waals surface area contributed by atoms with Crippen LogP contribution in [0.3, 0.4) is 0 Å². The smallest absolute Gasteiger partial charge is 0.243 e. The lowest BCUT2D eigenvalue weighted by atomic mass is 10.1. The van der Waals surface area contributed by atoms with Gasteiger partial charge in [-0.15, -0.1) is 11.8 Å². The Morgan fingerprint density at radius 2 is 2.04 bits per heavy atom. The van der Waals surface area contributed by atoms with Crippen molar-refractivity contribution in [2.24, 2.45) is 0 Å². The minimum Gasteiger partial charge on any atom is -0.493 e. The Morgan fingerprint density at radius 3 is 2.85 bits per heavy atom. The van der Waals surface area contributed by atoms with E-state index in [1.807, 2.05) is 30.3 Å². The van der Waals surface area contributed by atoms with E-state index in [0.717, 1.165) is 17.7 Å². The molecule has 1 heterocycles. The van der Waals surface area contributed by atoms with Gasteiger partial charge in [-0.25, -0.2) is 0 Å². The summed E-state index contributed by atoms with van der Waals surface area (Å²) in [6, 6.07) is 13.9. The molecule has 1 N–H and O–H groups in total. The third-order valence-corrected chi connectivity index (χ3v) is 5.01. The van der Waals surface area contributed by atoms with Crippen LogP contribution >= 0.6 is 11.8 Å². The van der Waals surface area contributed by atoms with Gasteiger partial charge in [0, 0.05) is 17.5 Å². The van der Waals surface area contributed by atoms with E-state index in [9.17, 15) is 4.79 Å². The molecular weight excluding hydrogens is 362 g/mol. The summed E-state index contributed by atoms with van der Waals surface area (Å²) in [5.74, 6) is 2.70. The number of carbonyl (C=O) groups excluding carboxylic acids is 1. The maximum Gasteiger partial charge on any atom is 0.243 e. The van der Waals surface area contributed by atoms with Gasteiger partial charge in [0.25, 0.3) is 0 Å². The number of amides is 1. The van der Waals surface area contributed by atoms with Gasteiger partial charge < -0.3 is 19.5 Å². The maximum absolute atomic E-state index is 12.0. The Morgan fingerprint density at radius 1 is 1.22 bits per heavy atom. The number of rotatable bonds is 8. The monoisotopic (exact) mass is 385 g/mol. The summed E-state index contributed by atoms with van der Waals surface area (Å²) in [5.41, 5.74) is 0.825. The fraction of sp³-hybridized carbons (Fsp3) is 0.286. The summed E-state index contributed by atoms with van der Waals surface area (Å²) in [6.07, 6.45) is 4.18. The lowest BCUT2D eigenvalue weighted by Crippen LogP contribution is -2.22. The average Bonchev–Trinajstić information content (AvgIpc) is 2.72. The molecule has 0 aromatic heterocycles. The van der Waals surface area contributed by atoms with Crippen LogP contribution in [-0.2, 0) is 4.79 Å². The zero-order valence-electron chi connectivity index (χ0n) is 15.3. The molecule has 6 heteroatoms. The van der Waals surface area contributed by atoms with Crippen LogP contribution in [0, 0.1) is 0 Å². The summed E-state index contributed by atoms with van der Waals surface area (Å²) < 4.78 is 16.5. The largest absolute Gasteiger partial charge is 0.493 e. The molecule has 27 heavy (non-hydrogen) atoms. The molecule has 0 atom stereocenters. The predicted molar refractivity (Wildman–Crippen MR) is 108 cm³/mol. The number of benzene rings is 2. The number of thioether (sulfide) groups is 1. The van der Waals surface area contributed by atoms with Crippen LogP contribution in [-0.4, -0.2) is 38.5 Å². The van der Waals surface area contributed by atoms with Crippen molar-refractivity contribution in [3.05, 3.63) is 54.1 Å². The van der Waals surface area contributed by atoms with Crippen molar-refractivity contribution in [3.63, 3.8) is 0 Å². The molecular formula is C21H23NO4S. The number of methoxy groups -OCH3 is 1. The Hall–Kier alpha value is -2.60.